The summed E-state index contributed by atoms with van der Waals surface area (Å²) >= 11 is 0. The number of esters is 1. The number of halogens is 1. The van der Waals surface area contributed by atoms with Gasteiger partial charge in [-0.2, -0.15) is 5.10 Å². The smallest absolute Gasteiger partial charge is 0.331 e. The number of para-hydroxylation sites is 1. The lowest BCUT2D eigenvalue weighted by Gasteiger charge is -2.13. The first-order valence-electron chi connectivity index (χ1n) is 10.2. The molecule has 4 rings (SSSR count). The minimum absolute atomic E-state index is 0.361. The van der Waals surface area contributed by atoms with E-state index in [1.165, 1.54) is 24.3 Å². The largest absolute Gasteiger partial charge is 0.444 e. The Morgan fingerprint density at radius 1 is 0.939 bits per heavy atom. The molecule has 4 aromatic rings. The van der Waals surface area contributed by atoms with E-state index in [1.54, 1.807) is 53.3 Å². The summed E-state index contributed by atoms with van der Waals surface area (Å²) in [6.07, 6.45) is 3.29. The lowest BCUT2D eigenvalue weighted by molar-refractivity contribution is -0.150. The maximum atomic E-state index is 13.4. The van der Waals surface area contributed by atoms with Gasteiger partial charge in [0.2, 0.25) is 6.10 Å². The van der Waals surface area contributed by atoms with Crippen LogP contribution in [0, 0.1) is 5.82 Å². The van der Waals surface area contributed by atoms with Crippen LogP contribution in [0.1, 0.15) is 17.2 Å². The van der Waals surface area contributed by atoms with Crippen LogP contribution in [-0.2, 0) is 14.3 Å². The summed E-state index contributed by atoms with van der Waals surface area (Å²) in [5, 5.41) is 4.61. The number of carbonyl (C=O) groups is 2. The van der Waals surface area contributed by atoms with Gasteiger partial charge in [-0.25, -0.2) is 13.9 Å². The van der Waals surface area contributed by atoms with Gasteiger partial charge in [0.05, 0.1) is 11.4 Å². The molecule has 0 spiro atoms. The van der Waals surface area contributed by atoms with E-state index in [-0.39, 0.29) is 5.82 Å². The SMILES string of the molecule is NC(=O)C(OC(=O)/C=C/c1cn(-c2ccccc2)nc1-c1ccc(F)cc1)c1ccccc1. The number of carbonyl (C=O) groups excluding carboxylic acids is 2. The lowest BCUT2D eigenvalue weighted by atomic mass is 10.1. The van der Waals surface area contributed by atoms with Crippen LogP contribution in [0.5, 0.6) is 0 Å². The molecule has 0 saturated carbocycles. The zero-order valence-electron chi connectivity index (χ0n) is 17.5. The molecule has 1 heterocycles. The van der Waals surface area contributed by atoms with Crippen LogP contribution >= 0.6 is 0 Å². The van der Waals surface area contributed by atoms with Crippen molar-refractivity contribution in [2.24, 2.45) is 5.73 Å². The van der Waals surface area contributed by atoms with E-state index in [2.05, 4.69) is 5.10 Å². The summed E-state index contributed by atoms with van der Waals surface area (Å²) in [7, 11) is 0. The number of nitrogens with two attached hydrogens (primary N) is 1. The van der Waals surface area contributed by atoms with Crippen molar-refractivity contribution < 1.29 is 18.7 Å². The van der Waals surface area contributed by atoms with Gasteiger partial charge >= 0.3 is 5.97 Å². The Morgan fingerprint density at radius 3 is 2.21 bits per heavy atom. The fraction of sp³-hybridized carbons (Fsp3) is 0.0385. The maximum absolute atomic E-state index is 13.4. The van der Waals surface area contributed by atoms with Gasteiger partial charge in [0, 0.05) is 29.0 Å². The number of benzene rings is 3. The van der Waals surface area contributed by atoms with Crippen molar-refractivity contribution in [1.82, 2.24) is 9.78 Å². The van der Waals surface area contributed by atoms with E-state index in [0.29, 0.717) is 22.4 Å². The Labute approximate surface area is 189 Å². The Balaban J connectivity index is 1.63. The van der Waals surface area contributed by atoms with Gasteiger partial charge in [-0.1, -0.05) is 48.5 Å². The van der Waals surface area contributed by atoms with Crippen LogP contribution < -0.4 is 5.73 Å². The Kier molecular flexibility index (Phi) is 6.40. The summed E-state index contributed by atoms with van der Waals surface area (Å²) in [6.45, 7) is 0. The van der Waals surface area contributed by atoms with Crippen LogP contribution in [0.3, 0.4) is 0 Å². The zero-order valence-corrected chi connectivity index (χ0v) is 17.5. The summed E-state index contributed by atoms with van der Waals surface area (Å²) < 4.78 is 20.4. The molecule has 33 heavy (non-hydrogen) atoms. The lowest BCUT2D eigenvalue weighted by Crippen LogP contribution is -2.25. The van der Waals surface area contributed by atoms with E-state index in [1.807, 2.05) is 30.3 Å². The third-order valence-corrected chi connectivity index (χ3v) is 4.87. The maximum Gasteiger partial charge on any atom is 0.331 e. The molecule has 3 aromatic carbocycles. The first kappa shape index (κ1) is 21.7. The van der Waals surface area contributed by atoms with Crippen molar-refractivity contribution in [2.45, 2.75) is 6.10 Å². The van der Waals surface area contributed by atoms with Crippen molar-refractivity contribution in [2.75, 3.05) is 0 Å². The van der Waals surface area contributed by atoms with Gasteiger partial charge in [0.1, 0.15) is 5.82 Å². The van der Waals surface area contributed by atoms with Gasteiger partial charge in [-0.15, -0.1) is 0 Å². The fourth-order valence-electron chi connectivity index (χ4n) is 3.29. The molecule has 0 fully saturated rings. The Hall–Kier alpha value is -4.52. The summed E-state index contributed by atoms with van der Waals surface area (Å²) in [6, 6.07) is 23.9. The fourth-order valence-corrected chi connectivity index (χ4v) is 3.29. The number of primary amides is 1. The van der Waals surface area contributed by atoms with Crippen LogP contribution in [-0.4, -0.2) is 21.7 Å². The van der Waals surface area contributed by atoms with Crippen LogP contribution in [0.25, 0.3) is 23.0 Å². The van der Waals surface area contributed by atoms with Crippen molar-refractivity contribution >= 4 is 18.0 Å². The zero-order chi connectivity index (χ0) is 23.2. The molecule has 1 aromatic heterocycles. The first-order valence-corrected chi connectivity index (χ1v) is 10.2. The predicted octanol–water partition coefficient (Wildman–Crippen LogP) is 4.46. The van der Waals surface area contributed by atoms with E-state index in [9.17, 15) is 14.0 Å². The van der Waals surface area contributed by atoms with Crippen molar-refractivity contribution in [3.63, 3.8) is 0 Å². The average Bonchev–Trinajstić information content (AvgIpc) is 3.27. The molecule has 7 heteroatoms. The van der Waals surface area contributed by atoms with Gasteiger partial charge in [-0.05, 0) is 42.5 Å². The molecule has 1 amide bonds. The molecule has 0 aliphatic heterocycles. The quantitative estimate of drug-likeness (QED) is 0.339. The van der Waals surface area contributed by atoms with Crippen LogP contribution in [0.2, 0.25) is 0 Å². The summed E-state index contributed by atoms with van der Waals surface area (Å²) in [4.78, 5) is 24.3. The number of amides is 1. The number of hydrogen-bond acceptors (Lipinski definition) is 4. The minimum Gasteiger partial charge on any atom is -0.444 e. The second-order valence-electron chi connectivity index (χ2n) is 7.18. The van der Waals surface area contributed by atoms with E-state index in [0.717, 1.165) is 5.69 Å². The highest BCUT2D eigenvalue weighted by atomic mass is 19.1. The average molecular weight is 441 g/mol. The van der Waals surface area contributed by atoms with Crippen molar-refractivity contribution in [3.8, 4) is 16.9 Å². The van der Waals surface area contributed by atoms with Gasteiger partial charge < -0.3 is 10.5 Å². The highest BCUT2D eigenvalue weighted by molar-refractivity contribution is 5.91. The molecule has 0 aliphatic carbocycles. The molecule has 0 aliphatic rings. The predicted molar refractivity (Wildman–Crippen MR) is 122 cm³/mol. The molecule has 1 atom stereocenters. The molecule has 164 valence electrons. The number of hydrogen-bond donors (Lipinski definition) is 1. The van der Waals surface area contributed by atoms with Crippen molar-refractivity contribution in [3.05, 3.63) is 114 Å². The Morgan fingerprint density at radius 2 is 1.58 bits per heavy atom. The molecule has 1 unspecified atom stereocenters. The summed E-state index contributed by atoms with van der Waals surface area (Å²) in [5.41, 5.74) is 8.56. The van der Waals surface area contributed by atoms with E-state index >= 15 is 0 Å². The standard InChI is InChI=1S/C26H20FN3O3/c27-21-14-11-18(12-15-21)24-20(17-30(29-24)22-9-5-2-6-10-22)13-16-23(31)33-25(26(28)32)19-7-3-1-4-8-19/h1-17,25H,(H2,28,32)/b16-13+. The number of rotatable bonds is 7. The van der Waals surface area contributed by atoms with Crippen LogP contribution in [0.15, 0.2) is 97.2 Å². The van der Waals surface area contributed by atoms with Gasteiger partial charge in [0.25, 0.3) is 5.91 Å². The molecule has 6 nitrogen and oxygen atoms in total. The van der Waals surface area contributed by atoms with E-state index in [4.69, 9.17) is 10.5 Å². The minimum atomic E-state index is -1.20. The summed E-state index contributed by atoms with van der Waals surface area (Å²) in [5.74, 6) is -1.87. The number of nitrogens with zero attached hydrogens (tertiary/aromatic N) is 2. The second-order valence-corrected chi connectivity index (χ2v) is 7.18. The van der Waals surface area contributed by atoms with Gasteiger partial charge in [0.15, 0.2) is 0 Å². The number of aromatic nitrogens is 2. The number of ether oxygens (including phenoxy) is 1. The molecule has 2 N–H and O–H groups in total. The highest BCUT2D eigenvalue weighted by Gasteiger charge is 2.21. The molecular weight excluding hydrogens is 421 g/mol. The molecule has 0 bridgehead atoms. The van der Waals surface area contributed by atoms with E-state index < -0.39 is 18.0 Å². The Bertz CT molecular complexity index is 1280. The first-order chi connectivity index (χ1) is 16.0. The van der Waals surface area contributed by atoms with Gasteiger partial charge in [-0.3, -0.25) is 4.79 Å². The molecule has 0 radical (unpaired) electrons. The monoisotopic (exact) mass is 441 g/mol. The topological polar surface area (TPSA) is 87.2 Å². The normalized spacial score (nSPS) is 11.9. The highest BCUT2D eigenvalue weighted by Crippen LogP contribution is 2.25. The molecule has 0 saturated heterocycles. The van der Waals surface area contributed by atoms with Crippen LogP contribution in [0.4, 0.5) is 4.39 Å². The molecular formula is C26H20FN3O3. The van der Waals surface area contributed by atoms with Crippen molar-refractivity contribution in [1.29, 1.82) is 0 Å². The third-order valence-electron chi connectivity index (χ3n) is 4.87. The third kappa shape index (κ3) is 5.22. The second kappa shape index (κ2) is 9.74.